The predicted octanol–water partition coefficient (Wildman–Crippen LogP) is 1.55. The molecule has 1 aliphatic rings. The second-order valence-electron chi connectivity index (χ2n) is 5.77. The number of nitrogens with zero attached hydrogens (tertiary/aromatic N) is 5. The van der Waals surface area contributed by atoms with Crippen molar-refractivity contribution in [3.8, 4) is 11.3 Å². The summed E-state index contributed by atoms with van der Waals surface area (Å²) in [6.45, 7) is 0.742. The molecule has 0 amide bonds. The van der Waals surface area contributed by atoms with Gasteiger partial charge < -0.3 is 15.4 Å². The van der Waals surface area contributed by atoms with Gasteiger partial charge in [-0.1, -0.05) is 0 Å². The van der Waals surface area contributed by atoms with E-state index in [0.717, 1.165) is 11.3 Å². The smallest absolute Gasteiger partial charge is 0.154 e. The summed E-state index contributed by atoms with van der Waals surface area (Å²) in [7, 11) is 1.53. The summed E-state index contributed by atoms with van der Waals surface area (Å²) >= 11 is 0. The Morgan fingerprint density at radius 3 is 2.88 bits per heavy atom. The number of hydrogen-bond acceptors (Lipinski definition) is 6. The molecule has 0 bridgehead atoms. The Kier molecular flexibility index (Phi) is 3.53. The van der Waals surface area contributed by atoms with E-state index in [4.69, 9.17) is 10.5 Å². The lowest BCUT2D eigenvalue weighted by Crippen LogP contribution is -2.24. The van der Waals surface area contributed by atoms with Crippen LogP contribution in [0.25, 0.3) is 16.9 Å². The lowest BCUT2D eigenvalue weighted by molar-refractivity contribution is 0.0650. The van der Waals surface area contributed by atoms with Gasteiger partial charge in [0.2, 0.25) is 0 Å². The number of imidazole rings is 1. The highest BCUT2D eigenvalue weighted by Crippen LogP contribution is 2.25. The molecule has 7 nitrogen and oxygen atoms in total. The van der Waals surface area contributed by atoms with Crippen molar-refractivity contribution in [3.63, 3.8) is 0 Å². The molecule has 24 heavy (non-hydrogen) atoms. The number of methoxy groups -OCH3 is 1. The van der Waals surface area contributed by atoms with Crippen molar-refractivity contribution in [3.05, 3.63) is 36.7 Å². The molecule has 1 aliphatic heterocycles. The Morgan fingerprint density at radius 1 is 1.25 bits per heavy atom. The van der Waals surface area contributed by atoms with Crippen molar-refractivity contribution in [1.29, 1.82) is 0 Å². The average molecular weight is 328 g/mol. The van der Waals surface area contributed by atoms with Gasteiger partial charge in [-0.05, 0) is 24.3 Å². The van der Waals surface area contributed by atoms with Crippen LogP contribution in [0.15, 0.2) is 36.7 Å². The minimum absolute atomic E-state index is 0.267. The highest BCUT2D eigenvalue weighted by atomic mass is 19.1. The summed E-state index contributed by atoms with van der Waals surface area (Å²) in [6.07, 6.45) is 1.94. The Bertz CT molecular complexity index is 882. The van der Waals surface area contributed by atoms with Crippen LogP contribution >= 0.6 is 0 Å². The fraction of sp³-hybridized carbons (Fsp3) is 0.312. The SMILES string of the molecule is COC1CN(c2ccc3ncc(-c4ccnc(N)c4)n3n2)CC1F. The fourth-order valence-electron chi connectivity index (χ4n) is 2.98. The molecule has 1 fully saturated rings. The van der Waals surface area contributed by atoms with E-state index in [9.17, 15) is 4.39 Å². The summed E-state index contributed by atoms with van der Waals surface area (Å²) < 4.78 is 20.8. The van der Waals surface area contributed by atoms with E-state index in [-0.39, 0.29) is 6.54 Å². The van der Waals surface area contributed by atoms with Gasteiger partial charge in [0.25, 0.3) is 0 Å². The van der Waals surface area contributed by atoms with Gasteiger partial charge in [0, 0.05) is 25.4 Å². The van der Waals surface area contributed by atoms with Gasteiger partial charge in [0.15, 0.2) is 5.65 Å². The number of rotatable bonds is 3. The van der Waals surface area contributed by atoms with E-state index < -0.39 is 12.3 Å². The van der Waals surface area contributed by atoms with Crippen molar-refractivity contribution in [2.24, 2.45) is 0 Å². The van der Waals surface area contributed by atoms with Crippen LogP contribution in [-0.2, 0) is 4.74 Å². The number of nitrogens with two attached hydrogens (primary N) is 1. The molecular weight excluding hydrogens is 311 g/mol. The van der Waals surface area contributed by atoms with E-state index in [1.807, 2.05) is 23.1 Å². The van der Waals surface area contributed by atoms with Crippen molar-refractivity contribution in [1.82, 2.24) is 19.6 Å². The minimum Gasteiger partial charge on any atom is -0.384 e. The van der Waals surface area contributed by atoms with Crippen LogP contribution in [0.5, 0.6) is 0 Å². The lowest BCUT2D eigenvalue weighted by Gasteiger charge is -2.16. The fourth-order valence-corrected chi connectivity index (χ4v) is 2.98. The standard InChI is InChI=1S/C16H17FN6O/c1-24-13-9-22(8-11(13)17)16-3-2-15-20-7-12(23(15)21-16)10-4-5-19-14(18)6-10/h2-7,11,13H,8-9H2,1H3,(H2,18,19). The maximum Gasteiger partial charge on any atom is 0.154 e. The van der Waals surface area contributed by atoms with Crippen LogP contribution in [-0.4, -0.2) is 52.1 Å². The van der Waals surface area contributed by atoms with Crippen LogP contribution in [0.1, 0.15) is 0 Å². The molecule has 8 heteroatoms. The lowest BCUT2D eigenvalue weighted by atomic mass is 10.2. The number of halogens is 1. The number of anilines is 2. The quantitative estimate of drug-likeness (QED) is 0.785. The molecule has 2 unspecified atom stereocenters. The normalized spacial score (nSPS) is 20.8. The molecule has 0 spiro atoms. The molecular formula is C16H17FN6O. The molecule has 4 heterocycles. The zero-order chi connectivity index (χ0) is 16.7. The predicted molar refractivity (Wildman–Crippen MR) is 88.5 cm³/mol. The van der Waals surface area contributed by atoms with E-state index in [1.54, 1.807) is 23.0 Å². The molecule has 1 saturated heterocycles. The third-order valence-electron chi connectivity index (χ3n) is 4.25. The van der Waals surface area contributed by atoms with Gasteiger partial charge in [-0.3, -0.25) is 0 Å². The Morgan fingerprint density at radius 2 is 2.12 bits per heavy atom. The molecule has 0 aliphatic carbocycles. The first-order chi connectivity index (χ1) is 11.7. The average Bonchev–Trinajstić information content (AvgIpc) is 3.17. The van der Waals surface area contributed by atoms with Crippen LogP contribution < -0.4 is 10.6 Å². The molecule has 2 N–H and O–H groups in total. The van der Waals surface area contributed by atoms with E-state index >= 15 is 0 Å². The van der Waals surface area contributed by atoms with Crippen LogP contribution in [0.4, 0.5) is 16.0 Å². The van der Waals surface area contributed by atoms with E-state index in [1.165, 1.54) is 7.11 Å². The number of ether oxygens (including phenoxy) is 1. The van der Waals surface area contributed by atoms with Gasteiger partial charge >= 0.3 is 0 Å². The minimum atomic E-state index is -1.02. The molecule has 4 rings (SSSR count). The maximum atomic E-state index is 13.9. The topological polar surface area (TPSA) is 81.6 Å². The van der Waals surface area contributed by atoms with Gasteiger partial charge in [0.1, 0.15) is 23.9 Å². The molecule has 0 aromatic carbocycles. The largest absolute Gasteiger partial charge is 0.384 e. The van der Waals surface area contributed by atoms with Crippen molar-refractivity contribution in [2.75, 3.05) is 30.8 Å². The summed E-state index contributed by atoms with van der Waals surface area (Å²) in [6, 6.07) is 7.33. The Hall–Kier alpha value is -2.74. The van der Waals surface area contributed by atoms with Crippen LogP contribution in [0.2, 0.25) is 0 Å². The van der Waals surface area contributed by atoms with Gasteiger partial charge in [-0.2, -0.15) is 0 Å². The molecule has 124 valence electrons. The van der Waals surface area contributed by atoms with Gasteiger partial charge in [-0.15, -0.1) is 5.10 Å². The van der Waals surface area contributed by atoms with Gasteiger partial charge in [0.05, 0.1) is 18.4 Å². The highest BCUT2D eigenvalue weighted by Gasteiger charge is 2.33. The summed E-state index contributed by atoms with van der Waals surface area (Å²) in [5.41, 5.74) is 8.15. The second-order valence-corrected chi connectivity index (χ2v) is 5.77. The molecule has 3 aromatic heterocycles. The number of nitrogen functional groups attached to an aromatic ring is 1. The first-order valence-electron chi connectivity index (χ1n) is 7.64. The van der Waals surface area contributed by atoms with Crippen LogP contribution in [0, 0.1) is 0 Å². The van der Waals surface area contributed by atoms with Gasteiger partial charge in [-0.25, -0.2) is 18.9 Å². The van der Waals surface area contributed by atoms with Crippen molar-refractivity contribution < 1.29 is 9.13 Å². The number of hydrogen-bond donors (Lipinski definition) is 1. The van der Waals surface area contributed by atoms with Crippen molar-refractivity contribution >= 4 is 17.3 Å². The van der Waals surface area contributed by atoms with E-state index in [2.05, 4.69) is 15.1 Å². The zero-order valence-electron chi connectivity index (χ0n) is 13.1. The number of alkyl halides is 1. The molecule has 0 saturated carbocycles. The third-order valence-corrected chi connectivity index (χ3v) is 4.25. The summed E-state index contributed by atoms with van der Waals surface area (Å²) in [4.78, 5) is 10.2. The number of pyridine rings is 1. The Balaban J connectivity index is 1.74. The van der Waals surface area contributed by atoms with E-state index in [0.29, 0.717) is 23.8 Å². The number of fused-ring (bicyclic) bond motifs is 1. The molecule has 0 radical (unpaired) electrons. The zero-order valence-corrected chi connectivity index (χ0v) is 13.1. The Labute approximate surface area is 137 Å². The molecule has 2 atom stereocenters. The number of aromatic nitrogens is 4. The maximum absolute atomic E-state index is 13.9. The highest BCUT2D eigenvalue weighted by molar-refractivity contribution is 5.65. The first kappa shape index (κ1) is 14.8. The van der Waals surface area contributed by atoms with Crippen LogP contribution in [0.3, 0.4) is 0 Å². The first-order valence-corrected chi connectivity index (χ1v) is 7.64. The third kappa shape index (κ3) is 2.44. The molecule has 3 aromatic rings. The summed E-state index contributed by atoms with van der Waals surface area (Å²) in [5, 5.41) is 4.62. The second kappa shape index (κ2) is 5.72. The summed E-state index contributed by atoms with van der Waals surface area (Å²) in [5.74, 6) is 1.12. The monoisotopic (exact) mass is 328 g/mol. The van der Waals surface area contributed by atoms with Crippen molar-refractivity contribution in [2.45, 2.75) is 12.3 Å².